The van der Waals surface area contributed by atoms with Crippen LogP contribution in [0.2, 0.25) is 0 Å². The van der Waals surface area contributed by atoms with Crippen molar-refractivity contribution in [2.75, 3.05) is 39.4 Å². The van der Waals surface area contributed by atoms with Gasteiger partial charge in [-0.2, -0.15) is 0 Å². The molecule has 1 rings (SSSR count). The Kier molecular flexibility index (Phi) is 7.16. The lowest BCUT2D eigenvalue weighted by atomic mass is 10.1. The van der Waals surface area contributed by atoms with Crippen molar-refractivity contribution in [1.29, 1.82) is 0 Å². The van der Waals surface area contributed by atoms with Crippen molar-refractivity contribution < 1.29 is 9.53 Å². The van der Waals surface area contributed by atoms with Crippen LogP contribution in [0.5, 0.6) is 0 Å². The second-order valence-electron chi connectivity index (χ2n) is 4.49. The quantitative estimate of drug-likeness (QED) is 0.658. The van der Waals surface area contributed by atoms with E-state index in [9.17, 15) is 4.79 Å². The number of amides is 1. The van der Waals surface area contributed by atoms with Gasteiger partial charge >= 0.3 is 0 Å². The zero-order chi connectivity index (χ0) is 12.5. The van der Waals surface area contributed by atoms with Crippen molar-refractivity contribution >= 4 is 5.91 Å². The molecule has 0 bridgehead atoms. The van der Waals surface area contributed by atoms with Crippen LogP contribution in [0.4, 0.5) is 0 Å². The summed E-state index contributed by atoms with van der Waals surface area (Å²) in [6, 6.07) is -0.348. The van der Waals surface area contributed by atoms with Gasteiger partial charge in [0, 0.05) is 26.2 Å². The monoisotopic (exact) mass is 243 g/mol. The fraction of sp³-hybridized carbons (Fsp3) is 0.917. The molecule has 0 aromatic carbocycles. The van der Waals surface area contributed by atoms with Gasteiger partial charge in [0.15, 0.2) is 0 Å². The highest BCUT2D eigenvalue weighted by atomic mass is 16.5. The fourth-order valence-corrected chi connectivity index (χ4v) is 1.85. The Hall–Kier alpha value is -0.650. The van der Waals surface area contributed by atoms with E-state index in [1.54, 1.807) is 0 Å². The number of carbonyl (C=O) groups excluding carboxylic acids is 1. The lowest BCUT2D eigenvalue weighted by Crippen LogP contribution is -2.45. The van der Waals surface area contributed by atoms with E-state index in [0.29, 0.717) is 6.54 Å². The summed E-state index contributed by atoms with van der Waals surface area (Å²) in [5.41, 5.74) is 5.78. The van der Waals surface area contributed by atoms with E-state index in [-0.39, 0.29) is 11.9 Å². The Morgan fingerprint density at radius 2 is 2.18 bits per heavy atom. The highest BCUT2D eigenvalue weighted by molar-refractivity contribution is 5.81. The molecule has 17 heavy (non-hydrogen) atoms. The van der Waals surface area contributed by atoms with Gasteiger partial charge in [-0.25, -0.2) is 0 Å². The molecule has 0 spiro atoms. The molecule has 0 saturated carbocycles. The van der Waals surface area contributed by atoms with Crippen LogP contribution in [-0.2, 0) is 9.53 Å². The summed E-state index contributed by atoms with van der Waals surface area (Å²) < 4.78 is 5.26. The molecule has 1 heterocycles. The van der Waals surface area contributed by atoms with Gasteiger partial charge in [0.2, 0.25) is 5.91 Å². The SMILES string of the molecule is CCCCC(N)C(=O)NCCN1CCOCC1. The molecule has 1 aliphatic heterocycles. The van der Waals surface area contributed by atoms with Crippen molar-refractivity contribution in [3.05, 3.63) is 0 Å². The van der Waals surface area contributed by atoms with E-state index in [4.69, 9.17) is 10.5 Å². The molecule has 0 aromatic heterocycles. The van der Waals surface area contributed by atoms with Crippen molar-refractivity contribution in [2.24, 2.45) is 5.73 Å². The van der Waals surface area contributed by atoms with Crippen molar-refractivity contribution in [2.45, 2.75) is 32.2 Å². The predicted molar refractivity (Wildman–Crippen MR) is 67.8 cm³/mol. The first-order valence-electron chi connectivity index (χ1n) is 6.57. The van der Waals surface area contributed by atoms with Crippen LogP contribution in [0.15, 0.2) is 0 Å². The minimum Gasteiger partial charge on any atom is -0.379 e. The summed E-state index contributed by atoms with van der Waals surface area (Å²) in [6.07, 6.45) is 2.87. The summed E-state index contributed by atoms with van der Waals surface area (Å²) >= 11 is 0. The highest BCUT2D eigenvalue weighted by Crippen LogP contribution is 1.98. The molecule has 5 nitrogen and oxygen atoms in total. The molecular formula is C12H25N3O2. The second kappa shape index (κ2) is 8.44. The zero-order valence-corrected chi connectivity index (χ0v) is 10.8. The number of nitrogens with zero attached hydrogens (tertiary/aromatic N) is 1. The van der Waals surface area contributed by atoms with Crippen LogP contribution in [0.3, 0.4) is 0 Å². The van der Waals surface area contributed by atoms with E-state index in [2.05, 4.69) is 17.1 Å². The first kappa shape index (κ1) is 14.4. The van der Waals surface area contributed by atoms with Crippen molar-refractivity contribution in [1.82, 2.24) is 10.2 Å². The number of morpholine rings is 1. The largest absolute Gasteiger partial charge is 0.379 e. The Balaban J connectivity index is 2.06. The predicted octanol–water partition coefficient (Wildman–Crippen LogP) is -0.0477. The summed E-state index contributed by atoms with van der Waals surface area (Å²) in [4.78, 5) is 13.9. The van der Waals surface area contributed by atoms with Crippen LogP contribution in [0.1, 0.15) is 26.2 Å². The smallest absolute Gasteiger partial charge is 0.236 e. The first-order chi connectivity index (χ1) is 8.24. The normalized spacial score (nSPS) is 18.9. The van der Waals surface area contributed by atoms with Crippen LogP contribution < -0.4 is 11.1 Å². The second-order valence-corrected chi connectivity index (χ2v) is 4.49. The van der Waals surface area contributed by atoms with E-state index in [0.717, 1.165) is 52.1 Å². The van der Waals surface area contributed by atoms with Gasteiger partial charge in [0.1, 0.15) is 0 Å². The Bertz CT molecular complexity index is 218. The minimum atomic E-state index is -0.348. The summed E-state index contributed by atoms with van der Waals surface area (Å²) in [6.45, 7) is 7.17. The van der Waals surface area contributed by atoms with E-state index in [1.807, 2.05) is 0 Å². The van der Waals surface area contributed by atoms with E-state index >= 15 is 0 Å². The van der Waals surface area contributed by atoms with Gasteiger partial charge < -0.3 is 15.8 Å². The molecule has 1 saturated heterocycles. The van der Waals surface area contributed by atoms with Gasteiger partial charge in [-0.15, -0.1) is 0 Å². The molecule has 0 aliphatic carbocycles. The molecule has 0 aromatic rings. The van der Waals surface area contributed by atoms with Gasteiger partial charge in [-0.1, -0.05) is 19.8 Å². The highest BCUT2D eigenvalue weighted by Gasteiger charge is 2.13. The molecule has 3 N–H and O–H groups in total. The van der Waals surface area contributed by atoms with Crippen LogP contribution in [0.25, 0.3) is 0 Å². The maximum absolute atomic E-state index is 11.6. The average Bonchev–Trinajstić information content (AvgIpc) is 2.37. The van der Waals surface area contributed by atoms with E-state index in [1.165, 1.54) is 0 Å². The molecule has 1 amide bonds. The summed E-state index contributed by atoms with van der Waals surface area (Å²) in [7, 11) is 0. The minimum absolute atomic E-state index is 0.0216. The standard InChI is InChI=1S/C12H25N3O2/c1-2-3-4-11(13)12(16)14-5-6-15-7-9-17-10-8-15/h11H,2-10,13H2,1H3,(H,14,16). The Morgan fingerprint density at radius 3 is 2.82 bits per heavy atom. The fourth-order valence-electron chi connectivity index (χ4n) is 1.85. The molecule has 1 aliphatic rings. The molecular weight excluding hydrogens is 218 g/mol. The molecule has 1 atom stereocenters. The lowest BCUT2D eigenvalue weighted by molar-refractivity contribution is -0.122. The Labute approximate surface area is 104 Å². The third-order valence-corrected chi connectivity index (χ3v) is 3.04. The maximum atomic E-state index is 11.6. The summed E-state index contributed by atoms with van der Waals surface area (Å²) in [5, 5.41) is 2.89. The van der Waals surface area contributed by atoms with Gasteiger partial charge in [0.05, 0.1) is 19.3 Å². The Morgan fingerprint density at radius 1 is 1.47 bits per heavy atom. The van der Waals surface area contributed by atoms with Gasteiger partial charge in [-0.05, 0) is 6.42 Å². The lowest BCUT2D eigenvalue weighted by Gasteiger charge is -2.26. The number of ether oxygens (including phenoxy) is 1. The number of nitrogens with one attached hydrogen (secondary N) is 1. The molecule has 1 unspecified atom stereocenters. The third kappa shape index (κ3) is 6.00. The van der Waals surface area contributed by atoms with Crippen LogP contribution >= 0.6 is 0 Å². The van der Waals surface area contributed by atoms with Crippen molar-refractivity contribution in [3.63, 3.8) is 0 Å². The number of unbranched alkanes of at least 4 members (excludes halogenated alkanes) is 1. The average molecular weight is 243 g/mol. The van der Waals surface area contributed by atoms with Crippen LogP contribution in [-0.4, -0.2) is 56.2 Å². The first-order valence-corrected chi connectivity index (χ1v) is 6.57. The molecule has 1 fully saturated rings. The number of rotatable bonds is 7. The van der Waals surface area contributed by atoms with Gasteiger partial charge in [0.25, 0.3) is 0 Å². The van der Waals surface area contributed by atoms with Crippen molar-refractivity contribution in [3.8, 4) is 0 Å². The zero-order valence-electron chi connectivity index (χ0n) is 10.8. The van der Waals surface area contributed by atoms with E-state index < -0.39 is 0 Å². The van der Waals surface area contributed by atoms with Crippen LogP contribution in [0, 0.1) is 0 Å². The number of hydrogen-bond acceptors (Lipinski definition) is 4. The topological polar surface area (TPSA) is 67.6 Å². The maximum Gasteiger partial charge on any atom is 0.236 e. The number of carbonyl (C=O) groups is 1. The van der Waals surface area contributed by atoms with Gasteiger partial charge in [-0.3, -0.25) is 9.69 Å². The third-order valence-electron chi connectivity index (χ3n) is 3.04. The molecule has 0 radical (unpaired) electrons. The number of nitrogens with two attached hydrogens (primary N) is 1. The molecule has 100 valence electrons. The summed E-state index contributed by atoms with van der Waals surface area (Å²) in [5.74, 6) is -0.0216. The number of hydrogen-bond donors (Lipinski definition) is 2. The molecule has 5 heteroatoms.